The Kier molecular flexibility index (Phi) is 7.42. The van der Waals surface area contributed by atoms with Gasteiger partial charge in [-0.2, -0.15) is 0 Å². The third-order valence-corrected chi connectivity index (χ3v) is 9.89. The zero-order valence-electron chi connectivity index (χ0n) is 23.7. The van der Waals surface area contributed by atoms with Gasteiger partial charge in [0.15, 0.2) is 9.84 Å². The van der Waals surface area contributed by atoms with Gasteiger partial charge in [0.25, 0.3) is 5.91 Å². The number of amides is 1. The lowest BCUT2D eigenvalue weighted by Crippen LogP contribution is -2.56. The van der Waals surface area contributed by atoms with Crippen molar-refractivity contribution in [2.24, 2.45) is 0 Å². The molecule has 12 heteroatoms. The monoisotopic (exact) mass is 580 g/mol. The molecule has 2 aromatic rings. The van der Waals surface area contributed by atoms with E-state index < -0.39 is 9.84 Å². The average Bonchev–Trinajstić information content (AvgIpc) is 3.07. The molecule has 3 fully saturated rings. The number of benzene rings is 1. The molecule has 1 aromatic heterocycles. The van der Waals surface area contributed by atoms with E-state index in [4.69, 9.17) is 9.47 Å². The van der Waals surface area contributed by atoms with Crippen molar-refractivity contribution in [2.75, 3.05) is 65.9 Å². The maximum atomic E-state index is 12.0. The lowest BCUT2D eigenvalue weighted by molar-refractivity contribution is -0.144. The van der Waals surface area contributed by atoms with Crippen molar-refractivity contribution in [3.8, 4) is 17.6 Å². The van der Waals surface area contributed by atoms with E-state index in [1.807, 2.05) is 11.8 Å². The van der Waals surface area contributed by atoms with E-state index in [1.54, 1.807) is 11.8 Å². The number of rotatable bonds is 4. The van der Waals surface area contributed by atoms with Crippen LogP contribution in [0.5, 0.6) is 5.75 Å². The standard InChI is InChI=1S/C29H36N6O5S/c1-4-5-25(36)35-16-23(17-35)40-22-6-8-33(9-7-22)21-14-19(2)27-24(15-21)32-28-26(20(3)39-27)29(31-18-30-28)34-10-12-41(37,38)13-11-34/h14-15,18,20,22-23H,6-13,16-17H2,1-3H3,(H,30,31,32)/t20-/m1/s1. The molecular weight excluding hydrogens is 544 g/mol. The predicted octanol–water partition coefficient (Wildman–Crippen LogP) is 2.44. The van der Waals surface area contributed by atoms with Crippen molar-refractivity contribution in [1.82, 2.24) is 14.9 Å². The van der Waals surface area contributed by atoms with Crippen LogP contribution in [0.1, 0.15) is 43.9 Å². The van der Waals surface area contributed by atoms with Gasteiger partial charge in [0, 0.05) is 45.0 Å². The van der Waals surface area contributed by atoms with Gasteiger partial charge in [0.2, 0.25) is 0 Å². The van der Waals surface area contributed by atoms with Crippen LogP contribution in [-0.4, -0.2) is 92.2 Å². The molecule has 218 valence electrons. The SMILES string of the molecule is CC#CC(=O)N1CC(OC2CCN(c3cc(C)c4c(c3)Nc3ncnc(N5CCS(=O)(=O)CC5)c3[C@@H](C)O4)CC2)C1. The summed E-state index contributed by atoms with van der Waals surface area (Å²) in [7, 11) is -3.01. The molecular formula is C29H36N6O5S. The molecule has 0 aliphatic carbocycles. The number of ether oxygens (including phenoxy) is 2. The Morgan fingerprint density at radius 1 is 1.07 bits per heavy atom. The Morgan fingerprint density at radius 2 is 1.80 bits per heavy atom. The molecule has 0 unspecified atom stereocenters. The molecule has 4 aliphatic rings. The number of aromatic nitrogens is 2. The van der Waals surface area contributed by atoms with Crippen LogP contribution in [-0.2, 0) is 19.4 Å². The van der Waals surface area contributed by atoms with Crippen molar-refractivity contribution >= 4 is 38.8 Å². The third-order valence-electron chi connectivity index (χ3n) is 8.28. The molecule has 6 rings (SSSR count). The lowest BCUT2D eigenvalue weighted by Gasteiger charge is -2.42. The number of nitrogens with zero attached hydrogens (tertiary/aromatic N) is 5. The van der Waals surface area contributed by atoms with Gasteiger partial charge in [-0.3, -0.25) is 4.79 Å². The van der Waals surface area contributed by atoms with Crippen LogP contribution in [0.2, 0.25) is 0 Å². The molecule has 41 heavy (non-hydrogen) atoms. The number of nitrogens with one attached hydrogen (secondary N) is 1. The molecule has 4 aliphatic heterocycles. The minimum Gasteiger partial charge on any atom is -0.483 e. The Morgan fingerprint density at radius 3 is 2.51 bits per heavy atom. The van der Waals surface area contributed by atoms with Gasteiger partial charge < -0.3 is 29.5 Å². The van der Waals surface area contributed by atoms with Gasteiger partial charge in [0.1, 0.15) is 29.8 Å². The molecule has 1 amide bonds. The number of sulfone groups is 1. The summed E-state index contributed by atoms with van der Waals surface area (Å²) in [5.74, 6) is 7.53. The zero-order valence-corrected chi connectivity index (χ0v) is 24.5. The second kappa shape index (κ2) is 11.0. The molecule has 11 nitrogen and oxygen atoms in total. The number of aryl methyl sites for hydroxylation is 1. The summed E-state index contributed by atoms with van der Waals surface area (Å²) >= 11 is 0. The fraction of sp³-hybridized carbons (Fsp3) is 0.552. The van der Waals surface area contributed by atoms with E-state index in [-0.39, 0.29) is 35.7 Å². The van der Waals surface area contributed by atoms with Crippen LogP contribution in [0.3, 0.4) is 0 Å². The van der Waals surface area contributed by atoms with Gasteiger partial charge in [-0.25, -0.2) is 18.4 Å². The van der Waals surface area contributed by atoms with Crippen molar-refractivity contribution in [2.45, 2.75) is 51.9 Å². The first-order valence-corrected chi connectivity index (χ1v) is 16.0. The maximum Gasteiger partial charge on any atom is 0.298 e. The van der Waals surface area contributed by atoms with Crippen LogP contribution in [0.4, 0.5) is 23.0 Å². The fourth-order valence-corrected chi connectivity index (χ4v) is 7.19. The first-order valence-electron chi connectivity index (χ1n) is 14.2. The number of carbonyl (C=O) groups is 1. The number of anilines is 4. The summed E-state index contributed by atoms with van der Waals surface area (Å²) in [6.07, 6.45) is 3.31. The van der Waals surface area contributed by atoms with Gasteiger partial charge in [-0.1, -0.05) is 5.92 Å². The Balaban J connectivity index is 1.14. The number of likely N-dealkylation sites (tertiary alicyclic amines) is 1. The molecule has 1 aromatic carbocycles. The zero-order chi connectivity index (χ0) is 28.7. The van der Waals surface area contributed by atoms with Crippen molar-refractivity contribution < 1.29 is 22.7 Å². The van der Waals surface area contributed by atoms with Crippen molar-refractivity contribution in [3.63, 3.8) is 0 Å². The second-order valence-corrected chi connectivity index (χ2v) is 13.5. The number of piperidine rings is 1. The summed E-state index contributed by atoms with van der Waals surface area (Å²) in [4.78, 5) is 27.1. The van der Waals surface area contributed by atoms with E-state index in [2.05, 4.69) is 51.1 Å². The summed E-state index contributed by atoms with van der Waals surface area (Å²) in [5, 5.41) is 3.51. The quantitative estimate of drug-likeness (QED) is 0.541. The topological polar surface area (TPSA) is 117 Å². The highest BCUT2D eigenvalue weighted by Crippen LogP contribution is 2.44. The number of hydrogen-bond acceptors (Lipinski definition) is 10. The van der Waals surface area contributed by atoms with Gasteiger partial charge in [-0.15, -0.1) is 0 Å². The number of hydrogen-bond donors (Lipinski definition) is 1. The molecule has 0 saturated carbocycles. The molecule has 1 atom stereocenters. The largest absolute Gasteiger partial charge is 0.483 e. The van der Waals surface area contributed by atoms with Crippen LogP contribution >= 0.6 is 0 Å². The highest BCUT2D eigenvalue weighted by atomic mass is 32.2. The first kappa shape index (κ1) is 27.6. The average molecular weight is 581 g/mol. The van der Waals surface area contributed by atoms with Gasteiger partial charge >= 0.3 is 0 Å². The van der Waals surface area contributed by atoms with Crippen molar-refractivity contribution in [3.05, 3.63) is 29.6 Å². The first-order chi connectivity index (χ1) is 19.7. The van der Waals surface area contributed by atoms with E-state index in [1.165, 1.54) is 6.33 Å². The van der Waals surface area contributed by atoms with Crippen LogP contribution in [0.25, 0.3) is 0 Å². The Hall–Kier alpha value is -3.56. The van der Waals surface area contributed by atoms with Crippen molar-refractivity contribution in [1.29, 1.82) is 0 Å². The van der Waals surface area contributed by atoms with E-state index in [0.717, 1.165) is 60.0 Å². The minimum atomic E-state index is -3.01. The Labute approximate surface area is 241 Å². The van der Waals surface area contributed by atoms with Gasteiger partial charge in [0.05, 0.1) is 35.0 Å². The minimum absolute atomic E-state index is 0.0912. The number of carbonyl (C=O) groups excluding carboxylic acids is 1. The summed E-state index contributed by atoms with van der Waals surface area (Å²) in [6, 6.07) is 4.28. The molecule has 1 N–H and O–H groups in total. The molecule has 5 heterocycles. The molecule has 0 bridgehead atoms. The van der Waals surface area contributed by atoms with Crippen LogP contribution in [0.15, 0.2) is 18.5 Å². The highest BCUT2D eigenvalue weighted by molar-refractivity contribution is 7.91. The maximum absolute atomic E-state index is 12.0. The van der Waals surface area contributed by atoms with Gasteiger partial charge in [-0.05, 0) is 57.2 Å². The van der Waals surface area contributed by atoms with E-state index >= 15 is 0 Å². The van der Waals surface area contributed by atoms with E-state index in [0.29, 0.717) is 32.0 Å². The third kappa shape index (κ3) is 5.65. The normalized spacial score (nSPS) is 22.2. The van der Waals surface area contributed by atoms with Crippen LogP contribution < -0.4 is 19.9 Å². The molecule has 0 spiro atoms. The smallest absolute Gasteiger partial charge is 0.298 e. The lowest BCUT2D eigenvalue weighted by atomic mass is 10.0. The highest BCUT2D eigenvalue weighted by Gasteiger charge is 2.34. The second-order valence-electron chi connectivity index (χ2n) is 11.2. The fourth-order valence-electron chi connectivity index (χ4n) is 5.98. The molecule has 3 saturated heterocycles. The van der Waals surface area contributed by atoms with Crippen LogP contribution in [0, 0.1) is 18.8 Å². The summed E-state index contributed by atoms with van der Waals surface area (Å²) in [6.45, 7) is 9.49. The predicted molar refractivity (Wildman–Crippen MR) is 157 cm³/mol. The summed E-state index contributed by atoms with van der Waals surface area (Å²) < 4.78 is 36.7. The number of fused-ring (bicyclic) bond motifs is 2. The Bertz CT molecular complexity index is 1490. The molecule has 0 radical (unpaired) electrons. The summed E-state index contributed by atoms with van der Waals surface area (Å²) in [5.41, 5.74) is 3.82. The van der Waals surface area contributed by atoms with E-state index in [9.17, 15) is 13.2 Å².